The van der Waals surface area contributed by atoms with Gasteiger partial charge in [0.1, 0.15) is 16.5 Å². The molecule has 176 valence electrons. The van der Waals surface area contributed by atoms with Gasteiger partial charge in [-0.2, -0.15) is 8.42 Å². The van der Waals surface area contributed by atoms with Crippen molar-refractivity contribution in [1.82, 2.24) is 4.90 Å². The number of halogens is 1. The van der Waals surface area contributed by atoms with E-state index in [1.54, 1.807) is 23.1 Å². The fourth-order valence-corrected chi connectivity index (χ4v) is 4.35. The van der Waals surface area contributed by atoms with Gasteiger partial charge in [-0.25, -0.2) is 4.39 Å². The zero-order valence-electron chi connectivity index (χ0n) is 19.2. The summed E-state index contributed by atoms with van der Waals surface area (Å²) in [5.74, 6) is -0.273. The third-order valence-corrected chi connectivity index (χ3v) is 6.51. The van der Waals surface area contributed by atoms with Crippen LogP contribution < -0.4 is 4.18 Å². The van der Waals surface area contributed by atoms with Crippen LogP contribution in [0.5, 0.6) is 5.75 Å². The van der Waals surface area contributed by atoms with Crippen molar-refractivity contribution < 1.29 is 21.8 Å². The van der Waals surface area contributed by atoms with Crippen LogP contribution >= 0.6 is 0 Å². The second-order valence-corrected chi connectivity index (χ2v) is 9.82. The SMILES string of the molecule is CCCCCCCCC(=O)N(Cc1cccc(OS(=O)(=O)c2ccc(F)cc2)c1)C(C)C. The van der Waals surface area contributed by atoms with Crippen molar-refractivity contribution >= 4 is 16.0 Å². The van der Waals surface area contributed by atoms with Gasteiger partial charge < -0.3 is 9.08 Å². The van der Waals surface area contributed by atoms with Gasteiger partial charge in [-0.3, -0.25) is 4.79 Å². The molecule has 7 heteroatoms. The summed E-state index contributed by atoms with van der Waals surface area (Å²) in [6.07, 6.45) is 7.26. The normalized spacial score (nSPS) is 11.5. The van der Waals surface area contributed by atoms with Crippen LogP contribution in [0.2, 0.25) is 0 Å². The second kappa shape index (κ2) is 12.6. The number of nitrogens with zero attached hydrogens (tertiary/aromatic N) is 1. The highest BCUT2D eigenvalue weighted by Gasteiger charge is 2.19. The summed E-state index contributed by atoms with van der Waals surface area (Å²) in [6, 6.07) is 11.2. The van der Waals surface area contributed by atoms with E-state index in [4.69, 9.17) is 4.18 Å². The van der Waals surface area contributed by atoms with E-state index in [-0.39, 0.29) is 22.6 Å². The molecule has 0 unspecified atom stereocenters. The van der Waals surface area contributed by atoms with Gasteiger partial charge in [-0.15, -0.1) is 0 Å². The molecule has 0 spiro atoms. The quantitative estimate of drug-likeness (QED) is 0.267. The Hall–Kier alpha value is -2.41. The minimum absolute atomic E-state index is 0.0233. The number of unbranched alkanes of at least 4 members (excludes halogenated alkanes) is 5. The third-order valence-electron chi connectivity index (χ3n) is 5.25. The van der Waals surface area contributed by atoms with Crippen LogP contribution in [0, 0.1) is 5.82 Å². The molecule has 0 heterocycles. The smallest absolute Gasteiger partial charge is 0.339 e. The first-order valence-corrected chi connectivity index (χ1v) is 12.7. The molecular formula is C25H34FNO4S. The number of hydrogen-bond acceptors (Lipinski definition) is 4. The number of hydrogen-bond donors (Lipinski definition) is 0. The van der Waals surface area contributed by atoms with E-state index in [1.165, 1.54) is 19.3 Å². The summed E-state index contributed by atoms with van der Waals surface area (Å²) in [5, 5.41) is 0. The maximum absolute atomic E-state index is 13.1. The van der Waals surface area contributed by atoms with E-state index in [0.29, 0.717) is 13.0 Å². The van der Waals surface area contributed by atoms with Crippen molar-refractivity contribution in [2.24, 2.45) is 0 Å². The van der Waals surface area contributed by atoms with Gasteiger partial charge in [0, 0.05) is 19.0 Å². The summed E-state index contributed by atoms with van der Waals surface area (Å²) < 4.78 is 43.2. The molecule has 0 bridgehead atoms. The highest BCUT2D eigenvalue weighted by Crippen LogP contribution is 2.22. The molecule has 0 radical (unpaired) electrons. The minimum atomic E-state index is -4.08. The van der Waals surface area contributed by atoms with Gasteiger partial charge in [0.2, 0.25) is 5.91 Å². The van der Waals surface area contributed by atoms with Gasteiger partial charge >= 0.3 is 10.1 Å². The van der Waals surface area contributed by atoms with E-state index in [9.17, 15) is 17.6 Å². The predicted octanol–water partition coefficient (Wildman–Crippen LogP) is 6.08. The van der Waals surface area contributed by atoms with Crippen LogP contribution in [0.1, 0.15) is 71.3 Å². The fraction of sp³-hybridized carbons (Fsp3) is 0.480. The summed E-state index contributed by atoms with van der Waals surface area (Å²) >= 11 is 0. The lowest BCUT2D eigenvalue weighted by molar-refractivity contribution is -0.133. The van der Waals surface area contributed by atoms with Gasteiger partial charge in [0.25, 0.3) is 0 Å². The van der Waals surface area contributed by atoms with Gasteiger partial charge in [-0.05, 0) is 62.2 Å². The highest BCUT2D eigenvalue weighted by molar-refractivity contribution is 7.87. The van der Waals surface area contributed by atoms with Crippen LogP contribution in [0.4, 0.5) is 4.39 Å². The van der Waals surface area contributed by atoms with Gasteiger partial charge in [0.15, 0.2) is 0 Å². The molecule has 0 aliphatic rings. The van der Waals surface area contributed by atoms with E-state index in [1.807, 2.05) is 19.9 Å². The lowest BCUT2D eigenvalue weighted by atomic mass is 10.1. The molecule has 1 amide bonds. The summed E-state index contributed by atoms with van der Waals surface area (Å²) in [5.41, 5.74) is 0.779. The molecule has 0 fully saturated rings. The fourth-order valence-electron chi connectivity index (χ4n) is 3.43. The Bertz CT molecular complexity index is 958. The maximum Gasteiger partial charge on any atom is 0.339 e. The first-order valence-electron chi connectivity index (χ1n) is 11.3. The van der Waals surface area contributed by atoms with Crippen molar-refractivity contribution in [3.63, 3.8) is 0 Å². The Morgan fingerprint density at radius 1 is 1.00 bits per heavy atom. The topological polar surface area (TPSA) is 63.7 Å². The Morgan fingerprint density at radius 2 is 1.66 bits per heavy atom. The van der Waals surface area contributed by atoms with Crippen molar-refractivity contribution in [2.75, 3.05) is 0 Å². The zero-order chi connectivity index (χ0) is 23.6. The Morgan fingerprint density at radius 3 is 2.31 bits per heavy atom. The summed E-state index contributed by atoms with van der Waals surface area (Å²) in [4.78, 5) is 14.5. The van der Waals surface area contributed by atoms with Crippen molar-refractivity contribution in [3.8, 4) is 5.75 Å². The van der Waals surface area contributed by atoms with Crippen LogP contribution in [0.3, 0.4) is 0 Å². The summed E-state index contributed by atoms with van der Waals surface area (Å²) in [7, 11) is -4.08. The molecule has 0 aromatic heterocycles. The standard InChI is InChI=1S/C25H34FNO4S/c1-4-5-6-7-8-9-13-25(28)27(20(2)3)19-21-11-10-12-23(18-21)31-32(29,30)24-16-14-22(26)15-17-24/h10-12,14-18,20H,4-9,13,19H2,1-3H3. The largest absolute Gasteiger partial charge is 0.379 e. The van der Waals surface area contributed by atoms with Crippen molar-refractivity contribution in [1.29, 1.82) is 0 Å². The predicted molar refractivity (Wildman–Crippen MR) is 124 cm³/mol. The third kappa shape index (κ3) is 8.26. The molecule has 0 N–H and O–H groups in total. The van der Waals surface area contributed by atoms with E-state index < -0.39 is 15.9 Å². The second-order valence-electron chi connectivity index (χ2n) is 8.27. The lowest BCUT2D eigenvalue weighted by Crippen LogP contribution is -2.36. The van der Waals surface area contributed by atoms with Crippen LogP contribution in [0.25, 0.3) is 0 Å². The zero-order valence-corrected chi connectivity index (χ0v) is 20.0. The van der Waals surface area contributed by atoms with Crippen molar-refractivity contribution in [2.45, 2.75) is 83.2 Å². The van der Waals surface area contributed by atoms with Crippen LogP contribution in [-0.2, 0) is 21.5 Å². The van der Waals surface area contributed by atoms with Crippen molar-refractivity contribution in [3.05, 3.63) is 59.9 Å². The lowest BCUT2D eigenvalue weighted by Gasteiger charge is -2.27. The number of carbonyl (C=O) groups is 1. The van der Waals surface area contributed by atoms with Gasteiger partial charge in [0.05, 0.1) is 0 Å². The molecular weight excluding hydrogens is 429 g/mol. The average molecular weight is 464 g/mol. The number of rotatable bonds is 13. The first-order chi connectivity index (χ1) is 15.2. The van der Waals surface area contributed by atoms with Crippen LogP contribution in [0.15, 0.2) is 53.4 Å². The van der Waals surface area contributed by atoms with Crippen LogP contribution in [-0.4, -0.2) is 25.3 Å². The molecule has 0 atom stereocenters. The molecule has 0 saturated carbocycles. The number of carbonyl (C=O) groups excluding carboxylic acids is 1. The Balaban J connectivity index is 2.01. The number of benzene rings is 2. The maximum atomic E-state index is 13.1. The molecule has 2 rings (SSSR count). The molecule has 0 aliphatic heterocycles. The summed E-state index contributed by atoms with van der Waals surface area (Å²) in [6.45, 7) is 6.50. The molecule has 32 heavy (non-hydrogen) atoms. The minimum Gasteiger partial charge on any atom is -0.379 e. The molecule has 2 aromatic carbocycles. The average Bonchev–Trinajstić information content (AvgIpc) is 2.74. The monoisotopic (exact) mass is 463 g/mol. The highest BCUT2D eigenvalue weighted by atomic mass is 32.2. The van der Waals surface area contributed by atoms with E-state index in [0.717, 1.165) is 49.1 Å². The van der Waals surface area contributed by atoms with E-state index in [2.05, 4.69) is 6.92 Å². The molecule has 2 aromatic rings. The molecule has 0 aliphatic carbocycles. The van der Waals surface area contributed by atoms with E-state index >= 15 is 0 Å². The number of amides is 1. The molecule has 0 saturated heterocycles. The Labute approximate surface area is 191 Å². The Kier molecular flexibility index (Phi) is 10.2. The molecule has 5 nitrogen and oxygen atoms in total. The first kappa shape index (κ1) is 25.8. The van der Waals surface area contributed by atoms with Gasteiger partial charge in [-0.1, -0.05) is 51.2 Å².